The number of aromatic nitrogens is 1. The third-order valence-electron chi connectivity index (χ3n) is 2.63. The highest BCUT2D eigenvalue weighted by Gasteiger charge is 2.31. The lowest BCUT2D eigenvalue weighted by molar-refractivity contribution is -0.116. The molecule has 4 heteroatoms. The van der Waals surface area contributed by atoms with E-state index in [0.29, 0.717) is 5.82 Å². The van der Waals surface area contributed by atoms with Gasteiger partial charge in [0.25, 0.3) is 5.91 Å². The number of hydrogen-bond acceptors (Lipinski definition) is 2. The van der Waals surface area contributed by atoms with Crippen molar-refractivity contribution in [2.75, 3.05) is 5.32 Å². The summed E-state index contributed by atoms with van der Waals surface area (Å²) in [4.78, 5) is 11.4. The number of para-hydroxylation sites is 1. The predicted molar refractivity (Wildman–Crippen MR) is 55.2 cm³/mol. The molecule has 0 aliphatic carbocycles. The van der Waals surface area contributed by atoms with Crippen molar-refractivity contribution in [2.45, 2.75) is 6.04 Å². The summed E-state index contributed by atoms with van der Waals surface area (Å²) in [5, 5.41) is 12.7. The van der Waals surface area contributed by atoms with Crippen molar-refractivity contribution in [1.82, 2.24) is 4.57 Å². The molecule has 0 saturated heterocycles. The van der Waals surface area contributed by atoms with Crippen LogP contribution >= 0.6 is 0 Å². The van der Waals surface area contributed by atoms with Crippen molar-refractivity contribution in [3.05, 3.63) is 30.3 Å². The Bertz CT molecular complexity index is 606. The third-order valence-corrected chi connectivity index (χ3v) is 2.63. The van der Waals surface area contributed by atoms with E-state index in [0.717, 1.165) is 10.9 Å². The summed E-state index contributed by atoms with van der Waals surface area (Å²) >= 11 is 0. The minimum absolute atomic E-state index is 0.252. The number of hydrogen-bond donors (Lipinski definition) is 1. The molecule has 0 bridgehead atoms. The van der Waals surface area contributed by atoms with Gasteiger partial charge in [0, 0.05) is 5.39 Å². The normalized spacial score (nSPS) is 18.6. The second-order valence-electron chi connectivity index (χ2n) is 3.48. The van der Waals surface area contributed by atoms with Crippen molar-refractivity contribution in [1.29, 1.82) is 5.26 Å². The van der Waals surface area contributed by atoms with Gasteiger partial charge in [-0.2, -0.15) is 5.26 Å². The number of nitriles is 1. The fraction of sp³-hybridized carbons (Fsp3) is 0.0909. The monoisotopic (exact) mass is 197 g/mol. The molecule has 15 heavy (non-hydrogen) atoms. The molecule has 1 N–H and O–H groups in total. The third kappa shape index (κ3) is 0.919. The van der Waals surface area contributed by atoms with Crippen LogP contribution in [0.15, 0.2) is 30.3 Å². The molecule has 1 atom stereocenters. The van der Waals surface area contributed by atoms with Crippen molar-refractivity contribution >= 4 is 22.6 Å². The summed E-state index contributed by atoms with van der Waals surface area (Å²) in [6.45, 7) is 0. The lowest BCUT2D eigenvalue weighted by atomic mass is 10.2. The zero-order valence-electron chi connectivity index (χ0n) is 7.77. The first-order valence-corrected chi connectivity index (χ1v) is 4.62. The summed E-state index contributed by atoms with van der Waals surface area (Å²) in [7, 11) is 0. The van der Waals surface area contributed by atoms with Crippen LogP contribution in [-0.2, 0) is 4.79 Å². The quantitative estimate of drug-likeness (QED) is 0.698. The van der Waals surface area contributed by atoms with Crippen LogP contribution in [0, 0.1) is 11.3 Å². The van der Waals surface area contributed by atoms with E-state index in [-0.39, 0.29) is 5.91 Å². The Balaban J connectivity index is 2.37. The number of fused-ring (bicyclic) bond motifs is 3. The van der Waals surface area contributed by atoms with E-state index >= 15 is 0 Å². The number of benzene rings is 1. The van der Waals surface area contributed by atoms with Crippen LogP contribution in [0.25, 0.3) is 10.9 Å². The Morgan fingerprint density at radius 3 is 3.00 bits per heavy atom. The smallest absolute Gasteiger partial charge is 0.263 e. The number of nitrogens with one attached hydrogen (secondary N) is 1. The molecule has 2 aromatic rings. The molecule has 1 aromatic heterocycles. The maximum absolute atomic E-state index is 11.4. The Morgan fingerprint density at radius 1 is 1.40 bits per heavy atom. The van der Waals surface area contributed by atoms with E-state index in [1.807, 2.05) is 36.4 Å². The highest BCUT2D eigenvalue weighted by molar-refractivity contribution is 6.03. The van der Waals surface area contributed by atoms with Crippen LogP contribution in [-0.4, -0.2) is 10.5 Å². The van der Waals surface area contributed by atoms with E-state index in [1.165, 1.54) is 0 Å². The van der Waals surface area contributed by atoms with Gasteiger partial charge < -0.3 is 9.88 Å². The Labute approximate surface area is 85.7 Å². The minimum atomic E-state index is -0.736. The van der Waals surface area contributed by atoms with Gasteiger partial charge in [-0.1, -0.05) is 18.2 Å². The molecule has 0 radical (unpaired) electrons. The van der Waals surface area contributed by atoms with Crippen LogP contribution in [0.2, 0.25) is 0 Å². The summed E-state index contributed by atoms with van der Waals surface area (Å²) in [6, 6.07) is 10.8. The highest BCUT2D eigenvalue weighted by Crippen LogP contribution is 2.32. The van der Waals surface area contributed by atoms with E-state index in [1.54, 1.807) is 4.57 Å². The van der Waals surface area contributed by atoms with Crippen molar-refractivity contribution in [2.24, 2.45) is 0 Å². The SMILES string of the molecule is N#CC1C(=O)Nc2cc3ccccc3n21. The predicted octanol–water partition coefficient (Wildman–Crippen LogP) is 1.66. The Kier molecular flexibility index (Phi) is 1.40. The second-order valence-corrected chi connectivity index (χ2v) is 3.48. The molecule has 1 aromatic carbocycles. The molecule has 2 heterocycles. The van der Waals surface area contributed by atoms with Crippen LogP contribution in [0.5, 0.6) is 0 Å². The fourth-order valence-corrected chi connectivity index (χ4v) is 1.98. The van der Waals surface area contributed by atoms with Gasteiger partial charge in [-0.3, -0.25) is 4.79 Å². The minimum Gasteiger partial charge on any atom is -0.309 e. The first kappa shape index (κ1) is 8.06. The average Bonchev–Trinajstić information content (AvgIpc) is 2.72. The van der Waals surface area contributed by atoms with Gasteiger partial charge in [0.05, 0.1) is 11.6 Å². The maximum atomic E-state index is 11.4. The van der Waals surface area contributed by atoms with E-state index in [9.17, 15) is 4.79 Å². The van der Waals surface area contributed by atoms with Gasteiger partial charge in [0.15, 0.2) is 0 Å². The number of carbonyl (C=O) groups is 1. The van der Waals surface area contributed by atoms with Gasteiger partial charge in [-0.05, 0) is 12.1 Å². The van der Waals surface area contributed by atoms with Gasteiger partial charge in [-0.15, -0.1) is 0 Å². The first-order chi connectivity index (χ1) is 7.31. The summed E-state index contributed by atoms with van der Waals surface area (Å²) in [5.41, 5.74) is 0.914. The zero-order valence-corrected chi connectivity index (χ0v) is 7.77. The van der Waals surface area contributed by atoms with E-state index < -0.39 is 6.04 Å². The summed E-state index contributed by atoms with van der Waals surface area (Å²) in [6.07, 6.45) is 0. The lowest BCUT2D eigenvalue weighted by Crippen LogP contribution is -2.13. The molecule has 3 rings (SSSR count). The summed E-state index contributed by atoms with van der Waals surface area (Å²) < 4.78 is 1.73. The van der Waals surface area contributed by atoms with Gasteiger partial charge in [-0.25, -0.2) is 0 Å². The Hall–Kier alpha value is -2.28. The van der Waals surface area contributed by atoms with Crippen LogP contribution in [0.4, 0.5) is 5.82 Å². The molecule has 72 valence electrons. The Morgan fingerprint density at radius 2 is 2.20 bits per heavy atom. The molecule has 1 aliphatic rings. The number of carbonyl (C=O) groups excluding carboxylic acids is 1. The summed E-state index contributed by atoms with van der Waals surface area (Å²) in [5.74, 6) is 0.450. The van der Waals surface area contributed by atoms with Crippen molar-refractivity contribution < 1.29 is 4.79 Å². The number of anilines is 1. The molecular formula is C11H7N3O. The molecule has 0 spiro atoms. The molecular weight excluding hydrogens is 190 g/mol. The van der Waals surface area contributed by atoms with Crippen molar-refractivity contribution in [3.8, 4) is 6.07 Å². The van der Waals surface area contributed by atoms with Crippen LogP contribution in [0.1, 0.15) is 6.04 Å². The average molecular weight is 197 g/mol. The zero-order chi connectivity index (χ0) is 10.4. The lowest BCUT2D eigenvalue weighted by Gasteiger charge is -2.02. The molecule has 1 amide bonds. The molecule has 4 nitrogen and oxygen atoms in total. The van der Waals surface area contributed by atoms with E-state index in [4.69, 9.17) is 5.26 Å². The molecule has 1 aliphatic heterocycles. The van der Waals surface area contributed by atoms with E-state index in [2.05, 4.69) is 5.32 Å². The standard InChI is InChI=1S/C11H7N3O/c12-6-9-11(15)13-10-5-7-3-1-2-4-8(7)14(9)10/h1-5,9H,(H,13,15). The number of rotatable bonds is 0. The second kappa shape index (κ2) is 2.61. The molecule has 1 unspecified atom stereocenters. The topological polar surface area (TPSA) is 57.8 Å². The number of amides is 1. The highest BCUT2D eigenvalue weighted by atomic mass is 16.2. The first-order valence-electron chi connectivity index (χ1n) is 4.62. The maximum Gasteiger partial charge on any atom is 0.263 e. The van der Waals surface area contributed by atoms with Gasteiger partial charge in [0.1, 0.15) is 5.82 Å². The molecule has 0 saturated carbocycles. The largest absolute Gasteiger partial charge is 0.309 e. The molecule has 0 fully saturated rings. The van der Waals surface area contributed by atoms with Crippen LogP contribution in [0.3, 0.4) is 0 Å². The van der Waals surface area contributed by atoms with Gasteiger partial charge in [0.2, 0.25) is 6.04 Å². The van der Waals surface area contributed by atoms with Crippen LogP contribution < -0.4 is 5.32 Å². The number of nitrogens with zero attached hydrogens (tertiary/aromatic N) is 2. The van der Waals surface area contributed by atoms with Gasteiger partial charge >= 0.3 is 0 Å². The fourth-order valence-electron chi connectivity index (χ4n) is 1.98. The van der Waals surface area contributed by atoms with Crippen molar-refractivity contribution in [3.63, 3.8) is 0 Å².